The monoisotopic (exact) mass is 399 g/mol. The molecule has 1 aromatic carbocycles. The summed E-state index contributed by atoms with van der Waals surface area (Å²) in [5.41, 5.74) is 2.32. The summed E-state index contributed by atoms with van der Waals surface area (Å²) in [4.78, 5) is 29.7. The van der Waals surface area contributed by atoms with Crippen LogP contribution in [0.1, 0.15) is 30.8 Å². The minimum atomic E-state index is -0.183. The van der Waals surface area contributed by atoms with Crippen LogP contribution < -0.4 is 10.7 Å². The highest BCUT2D eigenvalue weighted by molar-refractivity contribution is 5.97. The lowest BCUT2D eigenvalue weighted by atomic mass is 10.0. The van der Waals surface area contributed by atoms with E-state index in [-0.39, 0.29) is 17.1 Å². The van der Waals surface area contributed by atoms with Crippen molar-refractivity contribution in [2.24, 2.45) is 5.92 Å². The summed E-state index contributed by atoms with van der Waals surface area (Å²) in [5, 5.41) is 3.68. The van der Waals surface area contributed by atoms with Gasteiger partial charge in [-0.1, -0.05) is 51.3 Å². The lowest BCUT2D eigenvalue weighted by Crippen LogP contribution is -2.15. The molecule has 2 aromatic heterocycles. The quantitative estimate of drug-likeness (QED) is 0.413. The van der Waals surface area contributed by atoms with Crippen molar-refractivity contribution in [3.8, 4) is 5.69 Å². The van der Waals surface area contributed by atoms with Crippen LogP contribution in [0.5, 0.6) is 0 Å². The maximum absolute atomic E-state index is 12.8. The second-order valence-corrected chi connectivity index (χ2v) is 7.36. The number of ketones is 1. The number of carbonyl (C=O) groups excluding carboxylic acids is 1. The van der Waals surface area contributed by atoms with E-state index >= 15 is 0 Å². The van der Waals surface area contributed by atoms with Gasteiger partial charge >= 0.3 is 0 Å². The highest BCUT2D eigenvalue weighted by Crippen LogP contribution is 2.24. The second-order valence-electron chi connectivity index (χ2n) is 7.36. The van der Waals surface area contributed by atoms with E-state index < -0.39 is 0 Å². The molecule has 0 bridgehead atoms. The number of nitrogens with zero attached hydrogens (tertiary/aromatic N) is 2. The summed E-state index contributed by atoms with van der Waals surface area (Å²) in [7, 11) is 0. The molecule has 0 saturated carbocycles. The summed E-state index contributed by atoms with van der Waals surface area (Å²) in [6.07, 6.45) is 6.94. The largest absolute Gasteiger partial charge is 0.341 e. The molecule has 3 rings (SSSR count). The molecular weight excluding hydrogens is 374 g/mol. The minimum Gasteiger partial charge on any atom is -0.341 e. The van der Waals surface area contributed by atoms with Gasteiger partial charge in [0.05, 0.1) is 10.9 Å². The molecule has 30 heavy (non-hydrogen) atoms. The zero-order valence-electron chi connectivity index (χ0n) is 17.3. The van der Waals surface area contributed by atoms with Crippen LogP contribution in [0.15, 0.2) is 90.5 Å². The molecule has 0 aliphatic heterocycles. The molecule has 3 aromatic rings. The number of Topliss-reactive ketones (excluding diaryl/α,β-unsaturated/α-hetero) is 1. The number of fused-ring (bicyclic) bond motifs is 1. The van der Waals surface area contributed by atoms with Gasteiger partial charge in [-0.15, -0.1) is 0 Å². The van der Waals surface area contributed by atoms with Crippen molar-refractivity contribution in [1.82, 2.24) is 9.55 Å². The molecule has 0 fully saturated rings. The van der Waals surface area contributed by atoms with E-state index in [9.17, 15) is 9.59 Å². The zero-order chi connectivity index (χ0) is 21.7. The van der Waals surface area contributed by atoms with Gasteiger partial charge in [0.1, 0.15) is 11.5 Å². The van der Waals surface area contributed by atoms with Crippen LogP contribution in [0.2, 0.25) is 0 Å². The Balaban J connectivity index is 2.31. The van der Waals surface area contributed by atoms with E-state index in [1.165, 1.54) is 12.3 Å². The van der Waals surface area contributed by atoms with Gasteiger partial charge in [-0.3, -0.25) is 19.1 Å². The van der Waals surface area contributed by atoms with E-state index in [0.717, 1.165) is 5.69 Å². The van der Waals surface area contributed by atoms with Gasteiger partial charge in [0.25, 0.3) is 0 Å². The van der Waals surface area contributed by atoms with Crippen LogP contribution in [0.3, 0.4) is 0 Å². The van der Waals surface area contributed by atoms with Gasteiger partial charge in [0.15, 0.2) is 11.2 Å². The van der Waals surface area contributed by atoms with Crippen molar-refractivity contribution >= 4 is 22.5 Å². The Bertz CT molecular complexity index is 1190. The summed E-state index contributed by atoms with van der Waals surface area (Å²) in [5.74, 6) is 0.731. The third-order valence-electron chi connectivity index (χ3n) is 4.58. The van der Waals surface area contributed by atoms with Gasteiger partial charge in [-0.05, 0) is 36.3 Å². The molecule has 0 atom stereocenters. The van der Waals surface area contributed by atoms with Gasteiger partial charge < -0.3 is 5.32 Å². The van der Waals surface area contributed by atoms with Crippen LogP contribution in [-0.2, 0) is 0 Å². The first-order valence-electron chi connectivity index (χ1n) is 9.81. The molecule has 0 spiro atoms. The van der Waals surface area contributed by atoms with Crippen molar-refractivity contribution < 1.29 is 4.79 Å². The lowest BCUT2D eigenvalue weighted by molar-refractivity contribution is 0.0963. The molecule has 0 radical (unpaired) electrons. The number of hydrogen-bond donors (Lipinski definition) is 1. The fourth-order valence-electron chi connectivity index (χ4n) is 3.23. The third-order valence-corrected chi connectivity index (χ3v) is 4.58. The summed E-state index contributed by atoms with van der Waals surface area (Å²) in [6.45, 7) is 11.5. The number of hydrogen-bond acceptors (Lipinski definition) is 4. The maximum Gasteiger partial charge on any atom is 0.193 e. The number of rotatable bonds is 8. The average molecular weight is 399 g/mol. The topological polar surface area (TPSA) is 64.0 Å². The van der Waals surface area contributed by atoms with Crippen molar-refractivity contribution in [1.29, 1.82) is 0 Å². The molecule has 0 aliphatic carbocycles. The summed E-state index contributed by atoms with van der Waals surface area (Å²) >= 11 is 0. The predicted octanol–water partition coefficient (Wildman–Crippen LogP) is 5.28. The molecular formula is C25H25N3O2. The molecule has 0 aliphatic rings. The first-order chi connectivity index (χ1) is 14.4. The first-order valence-corrected chi connectivity index (χ1v) is 9.81. The molecule has 1 N–H and O–H groups in total. The second kappa shape index (κ2) is 9.18. The van der Waals surface area contributed by atoms with Gasteiger partial charge in [-0.2, -0.15) is 0 Å². The number of para-hydroxylation sites is 1. The number of pyridine rings is 2. The number of benzene rings is 1. The first kappa shape index (κ1) is 21.0. The minimum absolute atomic E-state index is 0.0457. The Morgan fingerprint density at radius 3 is 2.57 bits per heavy atom. The smallest absolute Gasteiger partial charge is 0.193 e. The van der Waals surface area contributed by atoms with Crippen LogP contribution >= 0.6 is 0 Å². The van der Waals surface area contributed by atoms with Crippen LogP contribution in [0, 0.1) is 5.92 Å². The zero-order valence-corrected chi connectivity index (χ0v) is 17.3. The van der Waals surface area contributed by atoms with Crippen molar-refractivity contribution in [3.63, 3.8) is 0 Å². The lowest BCUT2D eigenvalue weighted by Gasteiger charge is -2.19. The number of nitrogens with one attached hydrogen (secondary N) is 1. The molecule has 0 saturated heterocycles. The molecule has 0 unspecified atom stereocenters. The Hall–Kier alpha value is -3.73. The summed E-state index contributed by atoms with van der Waals surface area (Å²) < 4.78 is 1.91. The number of aromatic nitrogens is 2. The highest BCUT2D eigenvalue weighted by Gasteiger charge is 2.16. The van der Waals surface area contributed by atoms with Crippen molar-refractivity contribution in [3.05, 3.63) is 102 Å². The molecule has 0 amide bonds. The average Bonchev–Trinajstić information content (AvgIpc) is 2.73. The van der Waals surface area contributed by atoms with E-state index in [1.807, 2.05) is 48.7 Å². The molecule has 152 valence electrons. The van der Waals surface area contributed by atoms with Gasteiger partial charge in [0, 0.05) is 30.1 Å². The van der Waals surface area contributed by atoms with Crippen LogP contribution in [-0.4, -0.2) is 15.3 Å². The normalized spacial score (nSPS) is 11.5. The van der Waals surface area contributed by atoms with Gasteiger partial charge in [-0.25, -0.2) is 0 Å². The fraction of sp³-hybridized carbons (Fsp3) is 0.160. The third kappa shape index (κ3) is 4.46. The van der Waals surface area contributed by atoms with Crippen molar-refractivity contribution in [2.45, 2.75) is 20.3 Å². The van der Waals surface area contributed by atoms with Crippen LogP contribution in [0.25, 0.3) is 16.6 Å². The van der Waals surface area contributed by atoms with E-state index in [4.69, 9.17) is 0 Å². The molecule has 5 heteroatoms. The number of allylic oxidation sites excluding steroid dienone is 3. The Morgan fingerprint density at radius 2 is 1.93 bits per heavy atom. The predicted molar refractivity (Wildman–Crippen MR) is 123 cm³/mol. The maximum atomic E-state index is 12.8. The fourth-order valence-corrected chi connectivity index (χ4v) is 3.23. The molecule has 2 heterocycles. The highest BCUT2D eigenvalue weighted by atomic mass is 16.1. The van der Waals surface area contributed by atoms with E-state index in [1.54, 1.807) is 24.3 Å². The Labute approximate surface area is 176 Å². The van der Waals surface area contributed by atoms with E-state index in [0.29, 0.717) is 34.5 Å². The molecule has 5 nitrogen and oxygen atoms in total. The Kier molecular flexibility index (Phi) is 6.42. The van der Waals surface area contributed by atoms with E-state index in [2.05, 4.69) is 23.5 Å². The van der Waals surface area contributed by atoms with Crippen molar-refractivity contribution in [2.75, 3.05) is 5.32 Å². The van der Waals surface area contributed by atoms with Gasteiger partial charge in [0.2, 0.25) is 0 Å². The standard InChI is InChI=1S/C25H25N3O2/c1-5-10-18(6-2)27-25-15-23(29)20-16-26-21(24(30)13-17(3)4)14-22(20)28(25)19-11-8-7-9-12-19/h5-12,14-17,27H,1-2,13H2,3-4H3/b18-10+. The SMILES string of the molecule is C=C/C=C(\C=C)Nc1cc(=O)c2cnc(C(=O)CC(C)C)cc2n1-c1ccccc1. The Morgan fingerprint density at radius 1 is 1.20 bits per heavy atom. The summed E-state index contributed by atoms with van der Waals surface area (Å²) in [6, 6.07) is 12.9. The number of carbonyl (C=O) groups is 1. The van der Waals surface area contributed by atoms with Crippen LogP contribution in [0.4, 0.5) is 5.82 Å². The number of anilines is 1.